The highest BCUT2D eigenvalue weighted by molar-refractivity contribution is 7.99. The van der Waals surface area contributed by atoms with E-state index in [1.807, 2.05) is 11.8 Å². The van der Waals surface area contributed by atoms with Crippen LogP contribution < -0.4 is 10.2 Å². The molecule has 18 heavy (non-hydrogen) atoms. The molecule has 2 nitrogen and oxygen atoms in total. The number of rotatable bonds is 1. The molecule has 3 rings (SSSR count). The summed E-state index contributed by atoms with van der Waals surface area (Å²) in [5, 5.41) is 4.19. The fourth-order valence-corrected chi connectivity index (χ4v) is 4.31. The van der Waals surface area contributed by atoms with Crippen molar-refractivity contribution in [2.45, 2.75) is 37.6 Å². The Hall–Kier alpha value is -0.670. The minimum Gasteiger partial charge on any atom is -0.374 e. The zero-order valence-electron chi connectivity index (χ0n) is 11.3. The van der Waals surface area contributed by atoms with Gasteiger partial charge < -0.3 is 4.90 Å². The number of thioether (sulfide) groups is 1. The van der Waals surface area contributed by atoms with E-state index in [1.54, 1.807) is 0 Å². The highest BCUT2D eigenvalue weighted by Gasteiger charge is 2.21. The van der Waals surface area contributed by atoms with Crippen LogP contribution in [0.15, 0.2) is 18.2 Å². The molecule has 1 N–H and O–H groups in total. The van der Waals surface area contributed by atoms with Gasteiger partial charge in [0.05, 0.1) is 5.37 Å². The van der Waals surface area contributed by atoms with E-state index in [0.717, 1.165) is 0 Å². The maximum atomic E-state index is 3.70. The summed E-state index contributed by atoms with van der Waals surface area (Å²) in [5.41, 5.74) is 4.42. The molecule has 0 aromatic heterocycles. The minimum absolute atomic E-state index is 0.492. The van der Waals surface area contributed by atoms with Crippen molar-refractivity contribution in [1.29, 1.82) is 0 Å². The van der Waals surface area contributed by atoms with Crippen LogP contribution in [-0.2, 0) is 6.42 Å². The average Bonchev–Trinajstić information content (AvgIpc) is 2.39. The molecule has 3 heteroatoms. The third kappa shape index (κ3) is 2.39. The number of nitrogens with zero attached hydrogens (tertiary/aromatic N) is 1. The first-order valence-electron chi connectivity index (χ1n) is 6.95. The van der Waals surface area contributed by atoms with Crippen LogP contribution in [0.5, 0.6) is 0 Å². The second-order valence-electron chi connectivity index (χ2n) is 5.52. The summed E-state index contributed by atoms with van der Waals surface area (Å²) in [4.78, 5) is 2.38. The van der Waals surface area contributed by atoms with Crippen molar-refractivity contribution >= 4 is 17.4 Å². The van der Waals surface area contributed by atoms with Crippen LogP contribution in [-0.4, -0.2) is 25.4 Å². The van der Waals surface area contributed by atoms with Crippen molar-refractivity contribution in [3.63, 3.8) is 0 Å². The number of anilines is 1. The molecule has 2 aliphatic rings. The van der Waals surface area contributed by atoms with E-state index in [9.17, 15) is 0 Å². The Balaban J connectivity index is 1.85. The molecule has 1 saturated heterocycles. The molecule has 0 aliphatic carbocycles. The summed E-state index contributed by atoms with van der Waals surface area (Å²) < 4.78 is 0. The van der Waals surface area contributed by atoms with Gasteiger partial charge in [-0.2, -0.15) is 0 Å². The van der Waals surface area contributed by atoms with Crippen LogP contribution in [0.1, 0.15) is 36.3 Å². The molecular weight excluding hydrogens is 240 g/mol. The highest BCUT2D eigenvalue weighted by atomic mass is 32.2. The van der Waals surface area contributed by atoms with Crippen LogP contribution in [0.2, 0.25) is 0 Å². The lowest BCUT2D eigenvalue weighted by molar-refractivity contribution is 0.511. The quantitative estimate of drug-likeness (QED) is 0.837. The molecule has 1 aromatic rings. The van der Waals surface area contributed by atoms with E-state index < -0.39 is 0 Å². The molecule has 2 aliphatic heterocycles. The lowest BCUT2D eigenvalue weighted by Gasteiger charge is -2.31. The Bertz CT molecular complexity index is 433. The van der Waals surface area contributed by atoms with Crippen LogP contribution in [0.25, 0.3) is 0 Å². The zero-order chi connectivity index (χ0) is 12.5. The molecule has 0 bridgehead atoms. The van der Waals surface area contributed by atoms with E-state index >= 15 is 0 Å². The molecule has 2 unspecified atom stereocenters. The largest absolute Gasteiger partial charge is 0.374 e. The Kier molecular flexibility index (Phi) is 3.53. The maximum absolute atomic E-state index is 3.70. The lowest BCUT2D eigenvalue weighted by atomic mass is 9.99. The van der Waals surface area contributed by atoms with Gasteiger partial charge in [-0.05, 0) is 49.1 Å². The third-order valence-corrected chi connectivity index (χ3v) is 5.24. The predicted molar refractivity (Wildman–Crippen MR) is 80.4 cm³/mol. The molecular formula is C15H22N2S. The Labute approximate surface area is 114 Å². The smallest absolute Gasteiger partial charge is 0.0791 e. The highest BCUT2D eigenvalue weighted by Crippen LogP contribution is 2.35. The Morgan fingerprint density at radius 1 is 1.39 bits per heavy atom. The monoisotopic (exact) mass is 262 g/mol. The second-order valence-corrected chi connectivity index (χ2v) is 6.73. The molecule has 0 radical (unpaired) electrons. The van der Waals surface area contributed by atoms with Crippen molar-refractivity contribution in [2.75, 3.05) is 24.2 Å². The summed E-state index contributed by atoms with van der Waals surface area (Å²) in [6.07, 6.45) is 3.81. The van der Waals surface area contributed by atoms with Crippen molar-refractivity contribution < 1.29 is 0 Å². The first kappa shape index (κ1) is 12.4. The van der Waals surface area contributed by atoms with Crippen LogP contribution in [0.3, 0.4) is 0 Å². The van der Waals surface area contributed by atoms with Gasteiger partial charge in [0.25, 0.3) is 0 Å². The van der Waals surface area contributed by atoms with E-state index in [1.165, 1.54) is 48.4 Å². The van der Waals surface area contributed by atoms with Gasteiger partial charge in [0, 0.05) is 25.3 Å². The van der Waals surface area contributed by atoms with Crippen molar-refractivity contribution in [1.82, 2.24) is 5.32 Å². The van der Waals surface area contributed by atoms with Gasteiger partial charge in [0.2, 0.25) is 0 Å². The van der Waals surface area contributed by atoms with E-state index in [-0.39, 0.29) is 0 Å². The first-order chi connectivity index (χ1) is 8.74. The molecule has 0 amide bonds. The average molecular weight is 262 g/mol. The molecule has 2 atom stereocenters. The van der Waals surface area contributed by atoms with E-state index in [2.05, 4.69) is 42.4 Å². The number of benzene rings is 1. The van der Waals surface area contributed by atoms with Crippen LogP contribution in [0, 0.1) is 0 Å². The maximum Gasteiger partial charge on any atom is 0.0791 e. The van der Waals surface area contributed by atoms with Gasteiger partial charge in [0.15, 0.2) is 0 Å². The van der Waals surface area contributed by atoms with Gasteiger partial charge in [-0.25, -0.2) is 0 Å². The molecule has 98 valence electrons. The standard InChI is InChI=1S/C15H22N2S/c1-11-7-9-18-15(16-11)13-5-6-14-12(10-13)4-3-8-17(14)2/h5-6,10-11,15-16H,3-4,7-9H2,1-2H3. The second kappa shape index (κ2) is 5.14. The summed E-state index contributed by atoms with van der Waals surface area (Å²) in [6.45, 7) is 3.48. The predicted octanol–water partition coefficient (Wildman–Crippen LogP) is 3.18. The molecule has 2 heterocycles. The lowest BCUT2D eigenvalue weighted by Crippen LogP contribution is -2.33. The third-order valence-electron chi connectivity index (χ3n) is 4.03. The summed E-state index contributed by atoms with van der Waals surface area (Å²) in [7, 11) is 2.20. The van der Waals surface area contributed by atoms with E-state index in [4.69, 9.17) is 0 Å². The fraction of sp³-hybridized carbons (Fsp3) is 0.600. The Morgan fingerprint density at radius 2 is 2.28 bits per heavy atom. The van der Waals surface area contributed by atoms with Gasteiger partial charge in [-0.3, -0.25) is 5.32 Å². The SMILES string of the molecule is CC1CCSC(c2ccc3c(c2)CCCN3C)N1. The van der Waals surface area contributed by atoms with Crippen LogP contribution >= 0.6 is 11.8 Å². The number of nitrogens with one attached hydrogen (secondary N) is 1. The topological polar surface area (TPSA) is 15.3 Å². The van der Waals surface area contributed by atoms with Crippen molar-refractivity contribution in [2.24, 2.45) is 0 Å². The normalized spacial score (nSPS) is 28.0. The number of fused-ring (bicyclic) bond motifs is 1. The van der Waals surface area contributed by atoms with Gasteiger partial charge in [0.1, 0.15) is 0 Å². The molecule has 1 aromatic carbocycles. The van der Waals surface area contributed by atoms with Crippen LogP contribution in [0.4, 0.5) is 5.69 Å². The van der Waals surface area contributed by atoms with Gasteiger partial charge in [-0.1, -0.05) is 12.1 Å². The van der Waals surface area contributed by atoms with Crippen molar-refractivity contribution in [3.8, 4) is 0 Å². The Morgan fingerprint density at radius 3 is 3.11 bits per heavy atom. The molecule has 0 spiro atoms. The minimum atomic E-state index is 0.492. The number of hydrogen-bond acceptors (Lipinski definition) is 3. The first-order valence-corrected chi connectivity index (χ1v) is 8.00. The summed E-state index contributed by atoms with van der Waals surface area (Å²) in [5.74, 6) is 1.27. The molecule has 0 saturated carbocycles. The van der Waals surface area contributed by atoms with E-state index in [0.29, 0.717) is 11.4 Å². The zero-order valence-corrected chi connectivity index (χ0v) is 12.1. The number of hydrogen-bond donors (Lipinski definition) is 1. The fourth-order valence-electron chi connectivity index (χ4n) is 2.91. The summed E-state index contributed by atoms with van der Waals surface area (Å²) in [6, 6.07) is 7.69. The molecule has 1 fully saturated rings. The van der Waals surface area contributed by atoms with Gasteiger partial charge in [-0.15, -0.1) is 11.8 Å². The summed E-state index contributed by atoms with van der Waals surface area (Å²) >= 11 is 2.05. The van der Waals surface area contributed by atoms with Gasteiger partial charge >= 0.3 is 0 Å². The van der Waals surface area contributed by atoms with Crippen molar-refractivity contribution in [3.05, 3.63) is 29.3 Å². The number of aryl methyl sites for hydroxylation is 1.